The van der Waals surface area contributed by atoms with Gasteiger partial charge in [0.1, 0.15) is 0 Å². The van der Waals surface area contributed by atoms with Crippen molar-refractivity contribution in [1.82, 2.24) is 4.98 Å². The second kappa shape index (κ2) is 8.54. The lowest BCUT2D eigenvalue weighted by Gasteiger charge is -2.17. The maximum absolute atomic E-state index is 12.4. The van der Waals surface area contributed by atoms with Gasteiger partial charge in [-0.2, -0.15) is 0 Å². The maximum Gasteiger partial charge on any atom is 0.231 e. The van der Waals surface area contributed by atoms with E-state index in [0.29, 0.717) is 5.92 Å². The van der Waals surface area contributed by atoms with E-state index in [-0.39, 0.29) is 24.2 Å². The zero-order valence-electron chi connectivity index (χ0n) is 13.2. The lowest BCUT2D eigenvalue weighted by atomic mass is 9.90. The molecule has 1 atom stereocenters. The molecule has 0 fully saturated rings. The van der Waals surface area contributed by atoms with Gasteiger partial charge in [0.15, 0.2) is 0 Å². The van der Waals surface area contributed by atoms with E-state index in [1.165, 1.54) is 5.56 Å². The lowest BCUT2D eigenvalue weighted by Crippen LogP contribution is -2.20. The van der Waals surface area contributed by atoms with Crippen molar-refractivity contribution in [3.05, 3.63) is 59.9 Å². The summed E-state index contributed by atoms with van der Waals surface area (Å²) in [6.07, 6.45) is 4.34. The van der Waals surface area contributed by atoms with E-state index in [4.69, 9.17) is 0 Å². The van der Waals surface area contributed by atoms with Crippen LogP contribution in [0.15, 0.2) is 48.8 Å². The number of rotatable bonds is 5. The van der Waals surface area contributed by atoms with Crippen LogP contribution in [0.1, 0.15) is 37.8 Å². The molecule has 0 radical (unpaired) electrons. The fourth-order valence-corrected chi connectivity index (χ4v) is 2.41. The highest BCUT2D eigenvalue weighted by atomic mass is 35.5. The number of halogens is 1. The van der Waals surface area contributed by atoms with Crippen molar-refractivity contribution in [3.8, 4) is 0 Å². The zero-order valence-corrected chi connectivity index (χ0v) is 14.1. The Labute approximate surface area is 138 Å². The first-order valence-corrected chi connectivity index (χ1v) is 7.36. The Bertz CT molecular complexity index is 599. The standard InChI is InChI=1S/C18H22N2O.ClH/c1-13(2)12-15-6-4-5-7-17(15)14(3)18(21)20-16-8-10-19-11-9-16;/h4-11,13-14H,12H2,1-3H3,(H,19,20,21);1H/t14-;/m1./s1. The molecule has 2 aromatic rings. The number of nitrogens with zero attached hydrogens (tertiary/aromatic N) is 1. The van der Waals surface area contributed by atoms with Gasteiger partial charge in [-0.25, -0.2) is 0 Å². The van der Waals surface area contributed by atoms with Gasteiger partial charge in [-0.15, -0.1) is 12.4 Å². The van der Waals surface area contributed by atoms with Crippen LogP contribution in [0.2, 0.25) is 0 Å². The smallest absolute Gasteiger partial charge is 0.231 e. The van der Waals surface area contributed by atoms with E-state index in [0.717, 1.165) is 17.7 Å². The third-order valence-electron chi connectivity index (χ3n) is 3.49. The third-order valence-corrected chi connectivity index (χ3v) is 3.49. The minimum absolute atomic E-state index is 0. The summed E-state index contributed by atoms with van der Waals surface area (Å²) in [7, 11) is 0. The average molecular weight is 319 g/mol. The molecular formula is C18H23ClN2O. The van der Waals surface area contributed by atoms with Gasteiger partial charge in [0.05, 0.1) is 5.92 Å². The van der Waals surface area contributed by atoms with Crippen LogP contribution < -0.4 is 5.32 Å². The third kappa shape index (κ3) is 4.85. The highest BCUT2D eigenvalue weighted by Gasteiger charge is 2.18. The molecule has 0 bridgehead atoms. The summed E-state index contributed by atoms with van der Waals surface area (Å²) >= 11 is 0. The van der Waals surface area contributed by atoms with Crippen molar-refractivity contribution >= 4 is 24.0 Å². The van der Waals surface area contributed by atoms with Crippen molar-refractivity contribution in [3.63, 3.8) is 0 Å². The highest BCUT2D eigenvalue weighted by molar-refractivity contribution is 5.95. The Morgan fingerprint density at radius 1 is 1.09 bits per heavy atom. The molecule has 2 rings (SSSR count). The molecule has 0 saturated carbocycles. The Morgan fingerprint density at radius 2 is 1.73 bits per heavy atom. The second-order valence-electron chi connectivity index (χ2n) is 5.74. The molecule has 0 aliphatic heterocycles. The largest absolute Gasteiger partial charge is 0.325 e. The van der Waals surface area contributed by atoms with Crippen LogP contribution in [0.3, 0.4) is 0 Å². The summed E-state index contributed by atoms with van der Waals surface area (Å²) in [5.74, 6) is 0.409. The van der Waals surface area contributed by atoms with Gasteiger partial charge in [-0.1, -0.05) is 38.1 Å². The van der Waals surface area contributed by atoms with Crippen LogP contribution in [0.4, 0.5) is 5.69 Å². The molecule has 1 N–H and O–H groups in total. The Kier molecular flexibility index (Phi) is 7.06. The second-order valence-corrected chi connectivity index (χ2v) is 5.74. The number of carbonyl (C=O) groups excluding carboxylic acids is 1. The Balaban J connectivity index is 0.00000242. The fraction of sp³-hybridized carbons (Fsp3) is 0.333. The summed E-state index contributed by atoms with van der Waals surface area (Å²) in [5, 5.41) is 2.94. The van der Waals surface area contributed by atoms with Crippen LogP contribution in [-0.4, -0.2) is 10.9 Å². The van der Waals surface area contributed by atoms with E-state index in [2.05, 4.69) is 36.3 Å². The van der Waals surface area contributed by atoms with Crippen LogP contribution in [0.25, 0.3) is 0 Å². The summed E-state index contributed by atoms with van der Waals surface area (Å²) in [6.45, 7) is 6.34. The molecule has 118 valence electrons. The number of carbonyl (C=O) groups is 1. The van der Waals surface area contributed by atoms with E-state index in [9.17, 15) is 4.79 Å². The molecule has 1 heterocycles. The minimum Gasteiger partial charge on any atom is -0.325 e. The topological polar surface area (TPSA) is 42.0 Å². The number of pyridine rings is 1. The molecule has 3 nitrogen and oxygen atoms in total. The summed E-state index contributed by atoms with van der Waals surface area (Å²) in [4.78, 5) is 16.4. The number of benzene rings is 1. The first kappa shape index (κ1) is 18.2. The fourth-order valence-electron chi connectivity index (χ4n) is 2.41. The minimum atomic E-state index is -0.173. The number of amides is 1. The first-order chi connectivity index (χ1) is 10.1. The molecule has 1 aromatic carbocycles. The molecule has 0 unspecified atom stereocenters. The van der Waals surface area contributed by atoms with Gasteiger partial charge >= 0.3 is 0 Å². The van der Waals surface area contributed by atoms with Crippen LogP contribution in [-0.2, 0) is 11.2 Å². The lowest BCUT2D eigenvalue weighted by molar-refractivity contribution is -0.117. The quantitative estimate of drug-likeness (QED) is 0.885. The molecule has 0 spiro atoms. The average Bonchev–Trinajstić information content (AvgIpc) is 2.47. The molecule has 1 aromatic heterocycles. The van der Waals surface area contributed by atoms with Crippen molar-refractivity contribution in [2.45, 2.75) is 33.1 Å². The van der Waals surface area contributed by atoms with Crippen LogP contribution in [0.5, 0.6) is 0 Å². The number of hydrogen-bond donors (Lipinski definition) is 1. The SMILES string of the molecule is CC(C)Cc1ccccc1[C@@H](C)C(=O)Nc1ccncc1.Cl. The molecule has 0 aliphatic carbocycles. The van der Waals surface area contributed by atoms with Crippen molar-refractivity contribution < 1.29 is 4.79 Å². The van der Waals surface area contributed by atoms with E-state index >= 15 is 0 Å². The molecule has 0 saturated heterocycles. The first-order valence-electron chi connectivity index (χ1n) is 7.36. The summed E-state index contributed by atoms with van der Waals surface area (Å²) in [5.41, 5.74) is 3.14. The van der Waals surface area contributed by atoms with Crippen molar-refractivity contribution in [2.24, 2.45) is 5.92 Å². The maximum atomic E-state index is 12.4. The molecule has 22 heavy (non-hydrogen) atoms. The van der Waals surface area contributed by atoms with Crippen LogP contribution in [0, 0.1) is 5.92 Å². The highest BCUT2D eigenvalue weighted by Crippen LogP contribution is 2.23. The van der Waals surface area contributed by atoms with Gasteiger partial charge in [0.25, 0.3) is 0 Å². The van der Waals surface area contributed by atoms with Gasteiger partial charge in [0.2, 0.25) is 5.91 Å². The monoisotopic (exact) mass is 318 g/mol. The molecule has 1 amide bonds. The zero-order chi connectivity index (χ0) is 15.2. The van der Waals surface area contributed by atoms with Gasteiger partial charge in [-0.3, -0.25) is 9.78 Å². The van der Waals surface area contributed by atoms with E-state index in [1.54, 1.807) is 24.5 Å². The molecular weight excluding hydrogens is 296 g/mol. The predicted octanol–water partition coefficient (Wildman–Crippen LogP) is 4.44. The van der Waals surface area contributed by atoms with Crippen molar-refractivity contribution in [1.29, 1.82) is 0 Å². The normalized spacial score (nSPS) is 11.6. The van der Waals surface area contributed by atoms with Gasteiger partial charge in [-0.05, 0) is 42.5 Å². The molecule has 4 heteroatoms. The number of aromatic nitrogens is 1. The Hall–Kier alpha value is -1.87. The summed E-state index contributed by atoms with van der Waals surface area (Å²) in [6, 6.07) is 11.8. The summed E-state index contributed by atoms with van der Waals surface area (Å²) < 4.78 is 0. The van der Waals surface area contributed by atoms with Gasteiger partial charge in [0, 0.05) is 18.1 Å². The van der Waals surface area contributed by atoms with Crippen molar-refractivity contribution in [2.75, 3.05) is 5.32 Å². The predicted molar refractivity (Wildman–Crippen MR) is 93.5 cm³/mol. The van der Waals surface area contributed by atoms with Gasteiger partial charge < -0.3 is 5.32 Å². The Morgan fingerprint density at radius 3 is 2.36 bits per heavy atom. The number of hydrogen-bond acceptors (Lipinski definition) is 2. The number of anilines is 1. The van der Waals surface area contributed by atoms with E-state index in [1.807, 2.05) is 19.1 Å². The molecule has 0 aliphatic rings. The van der Waals surface area contributed by atoms with E-state index < -0.39 is 0 Å². The van der Waals surface area contributed by atoms with Crippen LogP contribution >= 0.6 is 12.4 Å². The number of nitrogens with one attached hydrogen (secondary N) is 1.